The third kappa shape index (κ3) is 3.64. The van der Waals surface area contributed by atoms with Gasteiger partial charge >= 0.3 is 0 Å². The Morgan fingerprint density at radius 3 is 2.81 bits per heavy atom. The molecular weight excluding hydrogens is 334 g/mol. The number of piperidine rings is 1. The van der Waals surface area contributed by atoms with Crippen LogP contribution in [0.4, 0.5) is 0 Å². The maximum absolute atomic E-state index is 12.5. The number of carbonyl (C=O) groups excluding carboxylic acids is 1. The Labute approximate surface area is 152 Å². The number of hydrogen-bond acceptors (Lipinski definition) is 6. The average Bonchev–Trinajstić information content (AvgIpc) is 3.28. The second kappa shape index (κ2) is 7.17. The van der Waals surface area contributed by atoms with Crippen molar-refractivity contribution in [3.8, 4) is 0 Å². The van der Waals surface area contributed by atoms with Crippen molar-refractivity contribution in [3.63, 3.8) is 0 Å². The fraction of sp³-hybridized carbons (Fsp3) is 0.526. The van der Waals surface area contributed by atoms with E-state index in [2.05, 4.69) is 10.1 Å². The van der Waals surface area contributed by atoms with Crippen LogP contribution in [0.1, 0.15) is 41.1 Å². The molecule has 1 amide bonds. The third-order valence-corrected chi connectivity index (χ3v) is 5.21. The number of pyridine rings is 1. The predicted molar refractivity (Wildman–Crippen MR) is 92.5 cm³/mol. The highest BCUT2D eigenvalue weighted by atomic mass is 16.6. The Balaban J connectivity index is 1.28. The van der Waals surface area contributed by atoms with Crippen LogP contribution in [0.25, 0.3) is 0 Å². The lowest BCUT2D eigenvalue weighted by atomic mass is 9.88. The van der Waals surface area contributed by atoms with Gasteiger partial charge in [0.15, 0.2) is 0 Å². The van der Waals surface area contributed by atoms with Crippen LogP contribution >= 0.6 is 0 Å². The van der Waals surface area contributed by atoms with Crippen molar-refractivity contribution in [2.45, 2.75) is 44.5 Å². The van der Waals surface area contributed by atoms with Gasteiger partial charge < -0.3 is 18.9 Å². The molecule has 2 aromatic heterocycles. The van der Waals surface area contributed by atoms with Crippen molar-refractivity contribution in [1.82, 2.24) is 15.0 Å². The van der Waals surface area contributed by atoms with Crippen molar-refractivity contribution in [2.24, 2.45) is 0 Å². The Kier molecular flexibility index (Phi) is 4.74. The molecule has 7 heteroatoms. The number of hydrogen-bond donors (Lipinski definition) is 0. The number of nitrogens with zero attached hydrogens (tertiary/aromatic N) is 3. The van der Waals surface area contributed by atoms with Crippen molar-refractivity contribution < 1.29 is 18.8 Å². The van der Waals surface area contributed by atoms with Crippen LogP contribution in [0, 0.1) is 6.92 Å². The van der Waals surface area contributed by atoms with Gasteiger partial charge in [-0.3, -0.25) is 9.78 Å². The maximum Gasteiger partial charge on any atom is 0.292 e. The molecule has 7 nitrogen and oxygen atoms in total. The van der Waals surface area contributed by atoms with Crippen molar-refractivity contribution >= 4 is 5.91 Å². The second-order valence-electron chi connectivity index (χ2n) is 7.11. The van der Waals surface area contributed by atoms with E-state index in [1.807, 2.05) is 24.0 Å². The molecule has 2 saturated heterocycles. The summed E-state index contributed by atoms with van der Waals surface area (Å²) in [5.74, 6) is 0.216. The van der Waals surface area contributed by atoms with Gasteiger partial charge in [-0.25, -0.2) is 0 Å². The first-order valence-electron chi connectivity index (χ1n) is 9.01. The Bertz CT molecular complexity index is 753. The molecule has 1 atom stereocenters. The molecule has 138 valence electrons. The van der Waals surface area contributed by atoms with E-state index >= 15 is 0 Å². The summed E-state index contributed by atoms with van der Waals surface area (Å²) in [5.41, 5.74) is 1.66. The Hall–Kier alpha value is -2.25. The van der Waals surface area contributed by atoms with Gasteiger partial charge in [-0.2, -0.15) is 0 Å². The van der Waals surface area contributed by atoms with Crippen LogP contribution < -0.4 is 0 Å². The molecule has 0 aromatic carbocycles. The van der Waals surface area contributed by atoms with Crippen LogP contribution in [0.15, 0.2) is 35.1 Å². The minimum absolute atomic E-state index is 0.0936. The first-order chi connectivity index (χ1) is 12.6. The van der Waals surface area contributed by atoms with E-state index in [0.717, 1.165) is 30.5 Å². The summed E-state index contributed by atoms with van der Waals surface area (Å²) in [6, 6.07) is 5.60. The highest BCUT2D eigenvalue weighted by Crippen LogP contribution is 2.37. The van der Waals surface area contributed by atoms with Gasteiger partial charge in [-0.05, 0) is 37.5 Å². The van der Waals surface area contributed by atoms with Crippen molar-refractivity contribution in [3.05, 3.63) is 47.6 Å². The molecule has 0 aliphatic carbocycles. The average molecular weight is 357 g/mol. The second-order valence-corrected chi connectivity index (χ2v) is 7.11. The molecule has 0 radical (unpaired) electrons. The fourth-order valence-electron chi connectivity index (χ4n) is 3.69. The van der Waals surface area contributed by atoms with Gasteiger partial charge in [0.05, 0.1) is 30.6 Å². The van der Waals surface area contributed by atoms with E-state index < -0.39 is 0 Å². The summed E-state index contributed by atoms with van der Waals surface area (Å²) in [5, 5.41) is 3.79. The fourth-order valence-corrected chi connectivity index (χ4v) is 3.69. The monoisotopic (exact) mass is 357 g/mol. The molecule has 2 fully saturated rings. The molecule has 4 rings (SSSR count). The van der Waals surface area contributed by atoms with Crippen LogP contribution in [-0.4, -0.2) is 52.3 Å². The highest BCUT2D eigenvalue weighted by molar-refractivity contribution is 5.91. The van der Waals surface area contributed by atoms with E-state index in [9.17, 15) is 4.79 Å². The molecule has 2 aromatic rings. The molecule has 0 bridgehead atoms. The van der Waals surface area contributed by atoms with Crippen molar-refractivity contribution in [1.29, 1.82) is 0 Å². The summed E-state index contributed by atoms with van der Waals surface area (Å²) >= 11 is 0. The maximum atomic E-state index is 12.5. The van der Waals surface area contributed by atoms with E-state index in [1.54, 1.807) is 18.5 Å². The molecule has 0 N–H and O–H groups in total. The summed E-state index contributed by atoms with van der Waals surface area (Å²) in [7, 11) is 0. The normalized spacial score (nSPS) is 22.0. The van der Waals surface area contributed by atoms with Crippen molar-refractivity contribution in [2.75, 3.05) is 19.7 Å². The van der Waals surface area contributed by atoms with Gasteiger partial charge in [0.2, 0.25) is 5.76 Å². The van der Waals surface area contributed by atoms with Crippen LogP contribution in [0.2, 0.25) is 0 Å². The Morgan fingerprint density at radius 2 is 2.12 bits per heavy atom. The smallest absolute Gasteiger partial charge is 0.292 e. The highest BCUT2D eigenvalue weighted by Gasteiger charge is 2.44. The number of aromatic nitrogens is 2. The lowest BCUT2D eigenvalue weighted by Crippen LogP contribution is -2.46. The zero-order valence-corrected chi connectivity index (χ0v) is 14.9. The number of amides is 1. The first kappa shape index (κ1) is 17.2. The number of aryl methyl sites for hydroxylation is 1. The van der Waals surface area contributed by atoms with Gasteiger partial charge in [0.1, 0.15) is 0 Å². The van der Waals surface area contributed by atoms with E-state index in [0.29, 0.717) is 32.1 Å². The van der Waals surface area contributed by atoms with Crippen LogP contribution in [0.5, 0.6) is 0 Å². The van der Waals surface area contributed by atoms with E-state index in [1.165, 1.54) is 0 Å². The topological polar surface area (TPSA) is 77.7 Å². The first-order valence-corrected chi connectivity index (χ1v) is 9.01. The summed E-state index contributed by atoms with van der Waals surface area (Å²) in [4.78, 5) is 18.3. The summed E-state index contributed by atoms with van der Waals surface area (Å²) in [6.07, 6.45) is 6.16. The van der Waals surface area contributed by atoms with Gasteiger partial charge in [-0.15, -0.1) is 0 Å². The van der Waals surface area contributed by atoms with E-state index in [4.69, 9.17) is 14.0 Å². The van der Waals surface area contributed by atoms with Gasteiger partial charge in [-0.1, -0.05) is 5.16 Å². The number of likely N-dealkylation sites (tertiary alicyclic amines) is 1. The van der Waals surface area contributed by atoms with Crippen LogP contribution in [-0.2, 0) is 16.1 Å². The minimum atomic E-state index is -0.170. The van der Waals surface area contributed by atoms with Crippen LogP contribution in [0.3, 0.4) is 0 Å². The molecule has 4 heterocycles. The van der Waals surface area contributed by atoms with Gasteiger partial charge in [0, 0.05) is 38.0 Å². The zero-order valence-electron chi connectivity index (χ0n) is 14.9. The lowest BCUT2D eigenvalue weighted by Gasteiger charge is -2.38. The molecule has 1 unspecified atom stereocenters. The molecule has 2 aliphatic heterocycles. The molecule has 0 saturated carbocycles. The quantitative estimate of drug-likeness (QED) is 0.836. The largest absolute Gasteiger partial charge is 0.372 e. The minimum Gasteiger partial charge on any atom is -0.372 e. The molecular formula is C19H23N3O4. The summed E-state index contributed by atoms with van der Waals surface area (Å²) in [6.45, 7) is 4.32. The standard InChI is InChI=1S/C19H23N3O4/c1-14-10-17(26-21-14)18(23)22-8-4-19(5-9-22)11-16(13-25-19)24-12-15-2-6-20-7-3-15/h2-3,6-7,10,16H,4-5,8-9,11-13H2,1H3. The number of ether oxygens (including phenoxy) is 2. The lowest BCUT2D eigenvalue weighted by molar-refractivity contribution is -0.0417. The zero-order chi connectivity index (χ0) is 18.0. The molecule has 2 aliphatic rings. The number of carbonyl (C=O) groups is 1. The predicted octanol–water partition coefficient (Wildman–Crippen LogP) is 2.36. The molecule has 26 heavy (non-hydrogen) atoms. The van der Waals surface area contributed by atoms with Gasteiger partial charge in [0.25, 0.3) is 5.91 Å². The Morgan fingerprint density at radius 1 is 1.35 bits per heavy atom. The summed E-state index contributed by atoms with van der Waals surface area (Å²) < 4.78 is 17.2. The van der Waals surface area contributed by atoms with E-state index in [-0.39, 0.29) is 17.6 Å². The number of rotatable bonds is 4. The molecule has 1 spiro atoms. The third-order valence-electron chi connectivity index (χ3n) is 5.21. The SMILES string of the molecule is Cc1cc(C(=O)N2CCC3(CC2)CC(OCc2ccncc2)CO3)on1.